The SMILES string of the molecule is CC(Br)C(=O)OC[Si](Cl)(Cl)Cl. The van der Waals surface area contributed by atoms with Gasteiger partial charge in [-0.2, -0.15) is 0 Å². The Labute approximate surface area is 88.4 Å². The number of alkyl halides is 1. The standard InChI is InChI=1S/C4H6BrCl3O2Si/c1-3(5)4(9)10-2-11(6,7)8/h3H,2H2,1H3. The molecule has 2 nitrogen and oxygen atoms in total. The average Bonchev–Trinajstić information content (AvgIpc) is 1.80. The van der Waals surface area contributed by atoms with Crippen LogP contribution in [-0.2, 0) is 9.53 Å². The van der Waals surface area contributed by atoms with E-state index in [1.54, 1.807) is 6.92 Å². The molecule has 0 aromatic carbocycles. The summed E-state index contributed by atoms with van der Waals surface area (Å²) in [6.45, 7) is 1.64. The molecule has 0 aliphatic heterocycles. The third-order valence-corrected chi connectivity index (χ3v) is 2.53. The summed E-state index contributed by atoms with van der Waals surface area (Å²) in [4.78, 5) is 10.4. The smallest absolute Gasteiger partial charge is 0.378 e. The predicted octanol–water partition coefficient (Wildman–Crippen LogP) is 2.51. The number of esters is 1. The van der Waals surface area contributed by atoms with Crippen molar-refractivity contribution in [2.75, 3.05) is 6.23 Å². The minimum absolute atomic E-state index is 0.0908. The lowest BCUT2D eigenvalue weighted by Gasteiger charge is -2.09. The Bertz CT molecular complexity index is 147. The molecule has 0 N–H and O–H groups in total. The fraction of sp³-hybridized carbons (Fsp3) is 0.750. The molecular formula is C4H6BrCl3O2Si. The number of halogens is 4. The van der Waals surface area contributed by atoms with Gasteiger partial charge in [-0.05, 0) is 6.92 Å². The zero-order valence-electron chi connectivity index (χ0n) is 5.61. The zero-order valence-corrected chi connectivity index (χ0v) is 10.5. The van der Waals surface area contributed by atoms with Crippen LogP contribution >= 0.6 is 49.2 Å². The van der Waals surface area contributed by atoms with Crippen LogP contribution in [0.25, 0.3) is 0 Å². The summed E-state index contributed by atoms with van der Waals surface area (Å²) < 4.78 is 4.65. The van der Waals surface area contributed by atoms with Gasteiger partial charge in [0, 0.05) is 0 Å². The number of carbonyl (C=O) groups is 1. The summed E-state index contributed by atoms with van der Waals surface area (Å²) in [6.07, 6.45) is -0.0908. The third-order valence-electron chi connectivity index (χ3n) is 0.703. The lowest BCUT2D eigenvalue weighted by molar-refractivity contribution is -0.140. The van der Waals surface area contributed by atoms with Gasteiger partial charge in [-0.3, -0.25) is 4.79 Å². The topological polar surface area (TPSA) is 26.3 Å². The second-order valence-corrected chi connectivity index (χ2v) is 12.3. The molecule has 1 atom stereocenters. The van der Waals surface area contributed by atoms with E-state index in [0.717, 1.165) is 0 Å². The van der Waals surface area contributed by atoms with Crippen LogP contribution in [0.2, 0.25) is 0 Å². The first-order valence-electron chi connectivity index (χ1n) is 2.70. The van der Waals surface area contributed by atoms with Crippen molar-refractivity contribution in [1.82, 2.24) is 0 Å². The van der Waals surface area contributed by atoms with Crippen LogP contribution in [0.5, 0.6) is 0 Å². The lowest BCUT2D eigenvalue weighted by atomic mass is 10.5. The number of carbonyl (C=O) groups excluding carboxylic acids is 1. The maximum absolute atomic E-state index is 10.8. The fourth-order valence-corrected chi connectivity index (χ4v) is 1.20. The monoisotopic (exact) mass is 298 g/mol. The zero-order chi connectivity index (χ0) is 9.07. The Hall–Kier alpha value is 1.04. The largest absolute Gasteiger partial charge is 0.464 e. The molecule has 0 aromatic heterocycles. The van der Waals surface area contributed by atoms with Crippen LogP contribution in [0.3, 0.4) is 0 Å². The van der Waals surface area contributed by atoms with Crippen molar-refractivity contribution < 1.29 is 9.53 Å². The molecule has 0 saturated carbocycles. The van der Waals surface area contributed by atoms with Crippen LogP contribution in [0.15, 0.2) is 0 Å². The van der Waals surface area contributed by atoms with Gasteiger partial charge in [-0.1, -0.05) is 15.9 Å². The molecule has 66 valence electrons. The minimum atomic E-state index is -2.81. The molecule has 0 aromatic rings. The molecule has 0 aliphatic carbocycles. The van der Waals surface area contributed by atoms with Crippen LogP contribution in [0, 0.1) is 0 Å². The van der Waals surface area contributed by atoms with Gasteiger partial charge >= 0.3 is 12.0 Å². The summed E-state index contributed by atoms with van der Waals surface area (Å²) in [6, 6.07) is -2.81. The average molecular weight is 300 g/mol. The molecule has 0 aliphatic rings. The number of hydrogen-bond acceptors (Lipinski definition) is 2. The van der Waals surface area contributed by atoms with Crippen LogP contribution in [-0.4, -0.2) is 23.0 Å². The molecule has 0 rings (SSSR count). The molecule has 7 heteroatoms. The van der Waals surface area contributed by atoms with Gasteiger partial charge < -0.3 is 4.74 Å². The van der Waals surface area contributed by atoms with Crippen molar-refractivity contribution in [1.29, 1.82) is 0 Å². The molecule has 0 amide bonds. The van der Waals surface area contributed by atoms with E-state index in [0.29, 0.717) is 0 Å². The molecular weight excluding hydrogens is 294 g/mol. The third kappa shape index (κ3) is 7.40. The lowest BCUT2D eigenvalue weighted by Crippen LogP contribution is -2.25. The maximum Gasteiger partial charge on any atom is 0.378 e. The van der Waals surface area contributed by atoms with Crippen LogP contribution in [0.4, 0.5) is 0 Å². The summed E-state index contributed by atoms with van der Waals surface area (Å²) in [5, 5.41) is 0. The summed E-state index contributed by atoms with van der Waals surface area (Å²) in [5.41, 5.74) is 0. The molecule has 0 saturated heterocycles. The van der Waals surface area contributed by atoms with Crippen molar-refractivity contribution in [2.24, 2.45) is 0 Å². The van der Waals surface area contributed by atoms with E-state index in [4.69, 9.17) is 33.2 Å². The second kappa shape index (κ2) is 4.92. The highest BCUT2D eigenvalue weighted by molar-refractivity contribution is 9.10. The van der Waals surface area contributed by atoms with E-state index in [2.05, 4.69) is 20.7 Å². The van der Waals surface area contributed by atoms with Crippen molar-refractivity contribution in [3.8, 4) is 0 Å². The van der Waals surface area contributed by atoms with Crippen molar-refractivity contribution in [2.45, 2.75) is 11.8 Å². The quantitative estimate of drug-likeness (QED) is 0.346. The normalized spacial score (nSPS) is 14.3. The molecule has 0 bridgehead atoms. The van der Waals surface area contributed by atoms with Gasteiger partial charge in [-0.15, -0.1) is 33.2 Å². The molecule has 0 spiro atoms. The van der Waals surface area contributed by atoms with E-state index < -0.39 is 12.0 Å². The summed E-state index contributed by atoms with van der Waals surface area (Å²) in [5.74, 6) is -0.413. The highest BCUT2D eigenvalue weighted by Gasteiger charge is 2.28. The van der Waals surface area contributed by atoms with Gasteiger partial charge in [0.1, 0.15) is 11.1 Å². The van der Waals surface area contributed by atoms with Gasteiger partial charge in [0.2, 0.25) is 0 Å². The molecule has 11 heavy (non-hydrogen) atoms. The van der Waals surface area contributed by atoms with E-state index in [9.17, 15) is 4.79 Å². The predicted molar refractivity (Wildman–Crippen MR) is 52.7 cm³/mol. The van der Waals surface area contributed by atoms with Crippen molar-refractivity contribution in [3.05, 3.63) is 0 Å². The summed E-state index contributed by atoms with van der Waals surface area (Å²) >= 11 is 19.4. The molecule has 1 unspecified atom stereocenters. The Balaban J connectivity index is 3.64. The van der Waals surface area contributed by atoms with Gasteiger partial charge in [0.25, 0.3) is 0 Å². The second-order valence-electron chi connectivity index (χ2n) is 1.84. The van der Waals surface area contributed by atoms with Gasteiger partial charge in [0.05, 0.1) is 0 Å². The highest BCUT2D eigenvalue weighted by Crippen LogP contribution is 2.20. The Morgan fingerprint density at radius 2 is 2.09 bits per heavy atom. The van der Waals surface area contributed by atoms with Crippen LogP contribution < -0.4 is 0 Å². The van der Waals surface area contributed by atoms with Crippen molar-refractivity contribution in [3.63, 3.8) is 0 Å². The number of rotatable bonds is 3. The maximum atomic E-state index is 10.8. The van der Waals surface area contributed by atoms with Gasteiger partial charge in [-0.25, -0.2) is 0 Å². The van der Waals surface area contributed by atoms with Crippen molar-refractivity contribution >= 4 is 61.1 Å². The van der Waals surface area contributed by atoms with E-state index in [1.165, 1.54) is 0 Å². The molecule has 0 radical (unpaired) electrons. The summed E-state index contributed by atoms with van der Waals surface area (Å²) in [7, 11) is 0. The van der Waals surface area contributed by atoms with E-state index >= 15 is 0 Å². The minimum Gasteiger partial charge on any atom is -0.464 e. The molecule has 0 fully saturated rings. The Kier molecular flexibility index (Phi) is 5.38. The Morgan fingerprint density at radius 3 is 2.36 bits per heavy atom. The Morgan fingerprint density at radius 1 is 1.64 bits per heavy atom. The number of hydrogen-bond donors (Lipinski definition) is 0. The molecule has 0 heterocycles. The van der Waals surface area contributed by atoms with E-state index in [-0.39, 0.29) is 11.1 Å². The number of ether oxygens (including phenoxy) is 1. The van der Waals surface area contributed by atoms with Gasteiger partial charge in [0.15, 0.2) is 0 Å². The van der Waals surface area contributed by atoms with E-state index in [1.807, 2.05) is 0 Å². The first-order valence-corrected chi connectivity index (χ1v) is 8.86. The van der Waals surface area contributed by atoms with Crippen LogP contribution in [0.1, 0.15) is 6.92 Å². The highest BCUT2D eigenvalue weighted by atomic mass is 79.9. The first-order chi connectivity index (χ1) is 4.83. The fourth-order valence-electron chi connectivity index (χ4n) is 0.268. The first kappa shape index (κ1) is 12.0.